The Hall–Kier alpha value is -1.11. The molecule has 6 nitrogen and oxygen atoms in total. The Morgan fingerprint density at radius 3 is 2.58 bits per heavy atom. The monoisotopic (exact) mass is 291 g/mol. The van der Waals surface area contributed by atoms with E-state index in [1.165, 1.54) is 0 Å². The molecule has 110 valence electrons. The van der Waals surface area contributed by atoms with E-state index < -0.39 is 21.8 Å². The summed E-state index contributed by atoms with van der Waals surface area (Å²) in [6, 6.07) is -0.870. The zero-order chi connectivity index (χ0) is 14.5. The molecule has 19 heavy (non-hydrogen) atoms. The summed E-state index contributed by atoms with van der Waals surface area (Å²) in [5, 5.41) is 11.5. The van der Waals surface area contributed by atoms with Crippen LogP contribution in [0.5, 0.6) is 0 Å². The number of carbonyl (C=O) groups excluding carboxylic acids is 1. The molecule has 0 saturated carbocycles. The Balaban J connectivity index is 2.42. The molecule has 2 unspecified atom stereocenters. The first-order chi connectivity index (χ1) is 8.84. The van der Waals surface area contributed by atoms with Crippen LogP contribution in [-0.4, -0.2) is 42.9 Å². The molecule has 2 atom stereocenters. The van der Waals surface area contributed by atoms with E-state index in [4.69, 9.17) is 5.11 Å². The fourth-order valence-corrected chi connectivity index (χ4v) is 4.08. The number of sulfone groups is 1. The number of rotatable bonds is 7. The van der Waals surface area contributed by atoms with Crippen molar-refractivity contribution in [3.63, 3.8) is 0 Å². The third-order valence-corrected chi connectivity index (χ3v) is 5.12. The van der Waals surface area contributed by atoms with Crippen molar-refractivity contribution >= 4 is 21.7 Å². The zero-order valence-electron chi connectivity index (χ0n) is 11.1. The number of carboxylic acids is 1. The van der Waals surface area contributed by atoms with Crippen LogP contribution in [0.3, 0.4) is 0 Å². The van der Waals surface area contributed by atoms with Gasteiger partial charge in [0.2, 0.25) is 5.91 Å². The number of aliphatic carboxylic acids is 1. The summed E-state index contributed by atoms with van der Waals surface area (Å²) in [6.45, 7) is 1.95. The smallest absolute Gasteiger partial charge is 0.326 e. The lowest BCUT2D eigenvalue weighted by Crippen LogP contribution is -2.41. The van der Waals surface area contributed by atoms with Crippen molar-refractivity contribution in [2.45, 2.75) is 45.1 Å². The predicted molar refractivity (Wildman–Crippen MR) is 70.5 cm³/mol. The lowest BCUT2D eigenvalue weighted by atomic mass is 10.0. The van der Waals surface area contributed by atoms with E-state index in [0.717, 1.165) is 12.8 Å². The highest BCUT2D eigenvalue weighted by Crippen LogP contribution is 2.21. The van der Waals surface area contributed by atoms with E-state index in [-0.39, 0.29) is 29.8 Å². The molecule has 0 aliphatic carbocycles. The van der Waals surface area contributed by atoms with Crippen molar-refractivity contribution in [2.24, 2.45) is 5.92 Å². The topological polar surface area (TPSA) is 101 Å². The molecule has 1 fully saturated rings. The van der Waals surface area contributed by atoms with Gasteiger partial charge in [0.05, 0.1) is 11.5 Å². The zero-order valence-corrected chi connectivity index (χ0v) is 11.9. The quantitative estimate of drug-likeness (QED) is 0.714. The number of unbranched alkanes of at least 4 members (excludes halogenated alkanes) is 1. The molecule has 0 radical (unpaired) electrons. The van der Waals surface area contributed by atoms with Crippen LogP contribution in [0.4, 0.5) is 0 Å². The van der Waals surface area contributed by atoms with Crippen LogP contribution in [0, 0.1) is 5.92 Å². The number of carbonyl (C=O) groups is 2. The summed E-state index contributed by atoms with van der Waals surface area (Å²) >= 11 is 0. The molecule has 0 spiro atoms. The predicted octanol–water partition coefficient (Wildman–Crippen LogP) is 0.571. The van der Waals surface area contributed by atoms with Crippen LogP contribution in [-0.2, 0) is 19.4 Å². The fourth-order valence-electron chi connectivity index (χ4n) is 2.21. The molecule has 1 aliphatic rings. The second-order valence-electron chi connectivity index (χ2n) is 5.07. The molecular weight excluding hydrogens is 270 g/mol. The third kappa shape index (κ3) is 5.59. The Kier molecular flexibility index (Phi) is 5.78. The Bertz CT molecular complexity index is 431. The molecule has 1 saturated heterocycles. The number of nitrogens with one attached hydrogen (secondary N) is 1. The van der Waals surface area contributed by atoms with Gasteiger partial charge in [0.15, 0.2) is 9.84 Å². The maximum absolute atomic E-state index is 11.7. The highest BCUT2D eigenvalue weighted by Gasteiger charge is 2.30. The average Bonchev–Trinajstić information content (AvgIpc) is 2.63. The van der Waals surface area contributed by atoms with E-state index >= 15 is 0 Å². The largest absolute Gasteiger partial charge is 0.480 e. The van der Waals surface area contributed by atoms with Crippen LogP contribution in [0.15, 0.2) is 0 Å². The van der Waals surface area contributed by atoms with Crippen molar-refractivity contribution in [3.05, 3.63) is 0 Å². The van der Waals surface area contributed by atoms with Gasteiger partial charge in [-0.05, 0) is 18.8 Å². The Labute approximate surface area is 113 Å². The van der Waals surface area contributed by atoms with Gasteiger partial charge in [-0.1, -0.05) is 19.8 Å². The van der Waals surface area contributed by atoms with Crippen molar-refractivity contribution in [1.82, 2.24) is 5.32 Å². The Morgan fingerprint density at radius 2 is 2.11 bits per heavy atom. The fraction of sp³-hybridized carbons (Fsp3) is 0.833. The lowest BCUT2D eigenvalue weighted by molar-refractivity contribution is -0.142. The van der Waals surface area contributed by atoms with Crippen LogP contribution in [0.2, 0.25) is 0 Å². The second-order valence-corrected chi connectivity index (χ2v) is 7.30. The van der Waals surface area contributed by atoms with E-state index in [1.54, 1.807) is 0 Å². The lowest BCUT2D eigenvalue weighted by Gasteiger charge is -2.15. The van der Waals surface area contributed by atoms with Gasteiger partial charge in [0.1, 0.15) is 6.04 Å². The summed E-state index contributed by atoms with van der Waals surface area (Å²) < 4.78 is 22.5. The van der Waals surface area contributed by atoms with Crippen molar-refractivity contribution < 1.29 is 23.1 Å². The minimum Gasteiger partial charge on any atom is -0.480 e. The molecule has 1 amide bonds. The standard InChI is InChI=1S/C12H21NO5S/c1-2-3-4-10(12(15)16)13-11(14)7-9-5-6-19(17,18)8-9/h9-10H,2-8H2,1H3,(H,13,14)(H,15,16). The number of carboxylic acid groups (broad SMARTS) is 1. The van der Waals surface area contributed by atoms with Crippen LogP contribution < -0.4 is 5.32 Å². The molecule has 1 rings (SSSR count). The average molecular weight is 291 g/mol. The summed E-state index contributed by atoms with van der Waals surface area (Å²) in [6.07, 6.45) is 2.58. The molecule has 0 aromatic rings. The molecule has 7 heteroatoms. The minimum atomic E-state index is -3.00. The maximum Gasteiger partial charge on any atom is 0.326 e. The summed E-state index contributed by atoms with van der Waals surface area (Å²) in [5.74, 6) is -1.42. The summed E-state index contributed by atoms with van der Waals surface area (Å²) in [5.41, 5.74) is 0. The first-order valence-corrected chi connectivity index (χ1v) is 8.38. The maximum atomic E-state index is 11.7. The van der Waals surface area contributed by atoms with Crippen molar-refractivity contribution in [3.8, 4) is 0 Å². The van der Waals surface area contributed by atoms with Gasteiger partial charge in [-0.15, -0.1) is 0 Å². The number of hydrogen-bond acceptors (Lipinski definition) is 4. The third-order valence-electron chi connectivity index (χ3n) is 3.28. The highest BCUT2D eigenvalue weighted by molar-refractivity contribution is 7.91. The molecule has 1 aliphatic heterocycles. The van der Waals surface area contributed by atoms with Gasteiger partial charge in [0, 0.05) is 6.42 Å². The second kappa shape index (κ2) is 6.88. The molecular formula is C12H21NO5S. The van der Waals surface area contributed by atoms with Gasteiger partial charge in [0.25, 0.3) is 0 Å². The van der Waals surface area contributed by atoms with E-state index in [9.17, 15) is 18.0 Å². The van der Waals surface area contributed by atoms with Crippen molar-refractivity contribution in [1.29, 1.82) is 0 Å². The SMILES string of the molecule is CCCCC(NC(=O)CC1CCS(=O)(=O)C1)C(=O)O. The minimum absolute atomic E-state index is 0.0348. The van der Waals surface area contributed by atoms with Crippen LogP contribution in [0.1, 0.15) is 39.0 Å². The molecule has 1 heterocycles. The van der Waals surface area contributed by atoms with Gasteiger partial charge in [-0.2, -0.15) is 0 Å². The molecule has 2 N–H and O–H groups in total. The summed E-state index contributed by atoms with van der Waals surface area (Å²) in [4.78, 5) is 22.7. The van der Waals surface area contributed by atoms with Crippen molar-refractivity contribution in [2.75, 3.05) is 11.5 Å². The number of hydrogen-bond donors (Lipinski definition) is 2. The van der Waals surface area contributed by atoms with Gasteiger partial charge in [-0.3, -0.25) is 4.79 Å². The summed E-state index contributed by atoms with van der Waals surface area (Å²) in [7, 11) is -3.00. The molecule has 0 aromatic heterocycles. The van der Waals surface area contributed by atoms with Gasteiger partial charge in [-0.25, -0.2) is 13.2 Å². The van der Waals surface area contributed by atoms with E-state index in [2.05, 4.69) is 5.32 Å². The van der Waals surface area contributed by atoms with Crippen LogP contribution >= 0.6 is 0 Å². The van der Waals surface area contributed by atoms with Crippen LogP contribution in [0.25, 0.3) is 0 Å². The van der Waals surface area contributed by atoms with Gasteiger partial charge >= 0.3 is 5.97 Å². The number of amides is 1. The Morgan fingerprint density at radius 1 is 1.42 bits per heavy atom. The molecule has 0 bridgehead atoms. The normalized spacial score (nSPS) is 22.9. The molecule has 0 aromatic carbocycles. The van der Waals surface area contributed by atoms with E-state index in [1.807, 2.05) is 6.92 Å². The van der Waals surface area contributed by atoms with E-state index in [0.29, 0.717) is 12.8 Å². The first kappa shape index (κ1) is 15.9. The highest BCUT2D eigenvalue weighted by atomic mass is 32.2. The van der Waals surface area contributed by atoms with Gasteiger partial charge < -0.3 is 10.4 Å². The first-order valence-electron chi connectivity index (χ1n) is 6.56.